The predicted octanol–water partition coefficient (Wildman–Crippen LogP) is 8.23. The van der Waals surface area contributed by atoms with Gasteiger partial charge in [-0.25, -0.2) is 0 Å². The van der Waals surface area contributed by atoms with Gasteiger partial charge in [-0.2, -0.15) is 0 Å². The highest BCUT2D eigenvalue weighted by molar-refractivity contribution is 8.67. The van der Waals surface area contributed by atoms with Crippen LogP contribution in [0.2, 0.25) is 0 Å². The van der Waals surface area contributed by atoms with Crippen molar-refractivity contribution >= 4 is 28.9 Å². The van der Waals surface area contributed by atoms with Gasteiger partial charge in [-0.1, -0.05) is 115 Å². The largest absolute Gasteiger partial charge is 0.337 e. The van der Waals surface area contributed by atoms with Crippen molar-refractivity contribution in [3.63, 3.8) is 0 Å². The van der Waals surface area contributed by atoms with E-state index < -0.39 is 5.69 Å². The maximum absolute atomic E-state index is 10.2. The summed E-state index contributed by atoms with van der Waals surface area (Å²) in [7, 11) is 0. The van der Waals surface area contributed by atoms with E-state index in [1.807, 2.05) is 0 Å². The molecule has 0 heterocycles. The van der Waals surface area contributed by atoms with Crippen LogP contribution in [0.25, 0.3) is 0 Å². The van der Waals surface area contributed by atoms with Crippen LogP contribution in [0.4, 0.5) is 0 Å². The molecule has 1 unspecified atom stereocenters. The Morgan fingerprint density at radius 1 is 0.680 bits per heavy atom. The van der Waals surface area contributed by atoms with E-state index in [-0.39, 0.29) is 0 Å². The number of hydrogen-bond acceptors (Lipinski definition) is 3. The van der Waals surface area contributed by atoms with Gasteiger partial charge in [-0.15, -0.1) is 0 Å². The molecular weight excluding hydrogens is 367 g/mol. The fourth-order valence-corrected chi connectivity index (χ4v) is 6.29. The first-order chi connectivity index (χ1) is 12.1. The third kappa shape index (κ3) is 21.1. The van der Waals surface area contributed by atoms with Crippen molar-refractivity contribution in [2.45, 2.75) is 117 Å². The summed E-state index contributed by atoms with van der Waals surface area (Å²) in [5.74, 6) is 0.945. The molecule has 0 fully saturated rings. The Balaban J connectivity index is 3.34. The first-order valence-corrected chi connectivity index (χ1v) is 15.0. The van der Waals surface area contributed by atoms with Crippen LogP contribution in [0.3, 0.4) is 0 Å². The molecule has 0 amide bonds. The lowest BCUT2D eigenvalue weighted by molar-refractivity contribution is 0.307. The fourth-order valence-electron chi connectivity index (χ4n) is 2.87. The summed E-state index contributed by atoms with van der Waals surface area (Å²) >= 11 is 6.74. The van der Waals surface area contributed by atoms with Crippen LogP contribution in [-0.4, -0.2) is 17.3 Å². The maximum atomic E-state index is 10.2. The summed E-state index contributed by atoms with van der Waals surface area (Å²) in [6.07, 6.45) is 20.8. The molecule has 0 aliphatic heterocycles. The van der Waals surface area contributed by atoms with E-state index in [0.29, 0.717) is 6.61 Å². The molecule has 5 heteroatoms. The number of rotatable bonds is 20. The van der Waals surface area contributed by atoms with Crippen molar-refractivity contribution < 1.29 is 9.42 Å². The minimum atomic E-state index is -2.58. The van der Waals surface area contributed by atoms with Crippen molar-refractivity contribution in [1.82, 2.24) is 0 Å². The molecule has 2 nitrogen and oxygen atoms in total. The molecule has 0 radical (unpaired) electrons. The van der Waals surface area contributed by atoms with Gasteiger partial charge in [0.15, 0.2) is 0 Å². The van der Waals surface area contributed by atoms with Crippen LogP contribution in [0.1, 0.15) is 117 Å². The van der Waals surface area contributed by atoms with Gasteiger partial charge in [0, 0.05) is 5.75 Å². The maximum Gasteiger partial charge on any atom is 0.244 e. The Hall–Kier alpha value is 0.920. The van der Waals surface area contributed by atoms with Crippen molar-refractivity contribution in [3.8, 4) is 0 Å². The Kier molecular flexibility index (Phi) is 20.4. The lowest BCUT2D eigenvalue weighted by Gasteiger charge is -2.14. The van der Waals surface area contributed by atoms with Crippen LogP contribution in [-0.2, 0) is 16.3 Å². The molecule has 0 aliphatic rings. The SMILES string of the molecule is CCCCCCCCCCOP(O)(=S)SCCCCCCCCCC. The molecule has 0 aliphatic carbocycles. The van der Waals surface area contributed by atoms with E-state index in [1.54, 1.807) is 0 Å². The van der Waals surface area contributed by atoms with Crippen molar-refractivity contribution in [1.29, 1.82) is 0 Å². The van der Waals surface area contributed by atoms with Crippen LogP contribution in [0, 0.1) is 0 Å². The minimum Gasteiger partial charge on any atom is -0.337 e. The molecule has 0 spiro atoms. The summed E-state index contributed by atoms with van der Waals surface area (Å²) < 4.78 is 5.59. The van der Waals surface area contributed by atoms with E-state index >= 15 is 0 Å². The highest BCUT2D eigenvalue weighted by atomic mass is 32.9. The third-order valence-electron chi connectivity index (χ3n) is 4.50. The molecule has 0 aromatic rings. The average molecular weight is 411 g/mol. The number of unbranched alkanes of at least 4 members (excludes halogenated alkanes) is 14. The zero-order valence-electron chi connectivity index (χ0n) is 16.8. The molecule has 0 aromatic carbocycles. The lowest BCUT2D eigenvalue weighted by Crippen LogP contribution is -1.92. The van der Waals surface area contributed by atoms with Gasteiger partial charge in [0.2, 0.25) is 5.69 Å². The molecule has 0 bridgehead atoms. The topological polar surface area (TPSA) is 29.5 Å². The van der Waals surface area contributed by atoms with Gasteiger partial charge in [0.25, 0.3) is 0 Å². The highest BCUT2D eigenvalue weighted by Crippen LogP contribution is 2.56. The molecule has 0 aromatic heterocycles. The molecule has 152 valence electrons. The summed E-state index contributed by atoms with van der Waals surface area (Å²) in [6.45, 7) is 5.14. The second-order valence-corrected chi connectivity index (χ2v) is 13.4. The third-order valence-corrected chi connectivity index (χ3v) is 8.92. The van der Waals surface area contributed by atoms with E-state index in [4.69, 9.17) is 16.3 Å². The van der Waals surface area contributed by atoms with Gasteiger partial charge in [-0.05, 0) is 24.6 Å². The zero-order valence-corrected chi connectivity index (χ0v) is 19.4. The minimum absolute atomic E-state index is 0.632. The van der Waals surface area contributed by atoms with Crippen molar-refractivity contribution in [2.75, 3.05) is 12.4 Å². The smallest absolute Gasteiger partial charge is 0.244 e. The first-order valence-electron chi connectivity index (χ1n) is 10.7. The van der Waals surface area contributed by atoms with Gasteiger partial charge >= 0.3 is 0 Å². The van der Waals surface area contributed by atoms with Gasteiger partial charge < -0.3 is 9.42 Å². The van der Waals surface area contributed by atoms with E-state index in [2.05, 4.69) is 13.8 Å². The summed E-state index contributed by atoms with van der Waals surface area (Å²) in [6, 6.07) is 0. The Bertz CT molecular complexity index is 288. The predicted molar refractivity (Wildman–Crippen MR) is 120 cm³/mol. The zero-order chi connectivity index (χ0) is 18.6. The van der Waals surface area contributed by atoms with Gasteiger partial charge in [-0.3, -0.25) is 0 Å². The molecule has 1 N–H and O–H groups in total. The molecule has 1 atom stereocenters. The summed E-state index contributed by atoms with van der Waals surface area (Å²) in [4.78, 5) is 10.2. The van der Waals surface area contributed by atoms with E-state index in [9.17, 15) is 4.89 Å². The Morgan fingerprint density at radius 2 is 1.08 bits per heavy atom. The highest BCUT2D eigenvalue weighted by Gasteiger charge is 2.13. The van der Waals surface area contributed by atoms with Gasteiger partial charge in [0.05, 0.1) is 6.61 Å². The van der Waals surface area contributed by atoms with Gasteiger partial charge in [0.1, 0.15) is 0 Å². The molecule has 0 saturated heterocycles. The normalized spacial score (nSPS) is 13.9. The molecule has 0 saturated carbocycles. The standard InChI is InChI=1S/C20H43O2PS2/c1-3-5-7-9-11-13-15-17-19-22-23(21,24)25-20-18-16-14-12-10-8-6-4-2/h3-20H2,1-2H3,(H,21,24). The van der Waals surface area contributed by atoms with E-state index in [0.717, 1.165) is 18.6 Å². The van der Waals surface area contributed by atoms with Crippen molar-refractivity contribution in [2.24, 2.45) is 0 Å². The van der Waals surface area contributed by atoms with Crippen LogP contribution in [0.5, 0.6) is 0 Å². The molecule has 25 heavy (non-hydrogen) atoms. The fraction of sp³-hybridized carbons (Fsp3) is 1.00. The molecular formula is C20H43O2PS2. The van der Waals surface area contributed by atoms with Crippen molar-refractivity contribution in [3.05, 3.63) is 0 Å². The Labute approximate surface area is 167 Å². The average Bonchev–Trinajstić information content (AvgIpc) is 2.59. The van der Waals surface area contributed by atoms with E-state index in [1.165, 1.54) is 101 Å². The summed E-state index contributed by atoms with van der Waals surface area (Å²) in [5.41, 5.74) is -2.58. The first kappa shape index (κ1) is 25.9. The van der Waals surface area contributed by atoms with Crippen LogP contribution >= 0.6 is 17.1 Å². The quantitative estimate of drug-likeness (QED) is 0.162. The lowest BCUT2D eigenvalue weighted by atomic mass is 10.1. The van der Waals surface area contributed by atoms with Crippen LogP contribution < -0.4 is 0 Å². The van der Waals surface area contributed by atoms with Crippen LogP contribution in [0.15, 0.2) is 0 Å². The second-order valence-electron chi connectivity index (χ2n) is 7.08. The second kappa shape index (κ2) is 19.7. The Morgan fingerprint density at radius 3 is 1.56 bits per heavy atom. The summed E-state index contributed by atoms with van der Waals surface area (Å²) in [5, 5.41) is 0. The monoisotopic (exact) mass is 410 g/mol. The number of hydrogen-bond donors (Lipinski definition) is 1. The molecule has 0 rings (SSSR count).